The van der Waals surface area contributed by atoms with Gasteiger partial charge >= 0.3 is 0 Å². The van der Waals surface area contributed by atoms with E-state index in [1.165, 1.54) is 57.8 Å². The van der Waals surface area contributed by atoms with Crippen LogP contribution in [0.5, 0.6) is 0 Å². The van der Waals surface area contributed by atoms with Gasteiger partial charge in [-0.15, -0.1) is 0 Å². The van der Waals surface area contributed by atoms with Crippen LogP contribution < -0.4 is 0 Å². The molecule has 0 radical (unpaired) electrons. The Morgan fingerprint density at radius 2 is 1.00 bits per heavy atom. The smallest absolute Gasteiger partial charge is 0.0159 e. The van der Waals surface area contributed by atoms with Crippen molar-refractivity contribution < 1.29 is 0 Å². The van der Waals surface area contributed by atoms with E-state index in [9.17, 15) is 0 Å². The maximum absolute atomic E-state index is 2.54. The van der Waals surface area contributed by atoms with Crippen LogP contribution in [-0.4, -0.2) is 0 Å². The van der Waals surface area contributed by atoms with Crippen molar-refractivity contribution in [1.29, 1.82) is 0 Å². The number of rotatable bonds is 2. The Morgan fingerprint density at radius 3 is 1.42 bits per heavy atom. The predicted octanol–water partition coefficient (Wildman–Crippen LogP) is 6.01. The molecule has 1 aromatic carbocycles. The highest BCUT2D eigenvalue weighted by Crippen LogP contribution is 2.40. The molecule has 2 saturated carbocycles. The molecule has 0 bridgehead atoms. The van der Waals surface area contributed by atoms with Crippen LogP contribution >= 0.6 is 0 Å². The molecule has 0 aromatic heterocycles. The Hall–Kier alpha value is -0.780. The lowest BCUT2D eigenvalue weighted by Gasteiger charge is -2.25. The van der Waals surface area contributed by atoms with Crippen LogP contribution in [0.1, 0.15) is 91.9 Å². The van der Waals surface area contributed by atoms with Crippen LogP contribution in [0, 0.1) is 13.8 Å². The molecule has 0 heteroatoms. The van der Waals surface area contributed by atoms with Crippen LogP contribution in [0.3, 0.4) is 0 Å². The van der Waals surface area contributed by atoms with Crippen molar-refractivity contribution in [2.24, 2.45) is 0 Å². The van der Waals surface area contributed by atoms with E-state index in [0.717, 1.165) is 11.8 Å². The molecule has 2 fully saturated rings. The zero-order valence-corrected chi connectivity index (χ0v) is 12.7. The minimum Gasteiger partial charge on any atom is -0.0553 e. The molecule has 0 aliphatic heterocycles. The minimum absolute atomic E-state index is 0.852. The first-order chi connectivity index (χ1) is 9.25. The van der Waals surface area contributed by atoms with Gasteiger partial charge in [0.05, 0.1) is 0 Å². The van der Waals surface area contributed by atoms with E-state index < -0.39 is 0 Å². The van der Waals surface area contributed by atoms with Crippen molar-refractivity contribution in [3.63, 3.8) is 0 Å². The van der Waals surface area contributed by atoms with Gasteiger partial charge in [0.1, 0.15) is 0 Å². The molecular formula is C19H28. The second kappa shape index (κ2) is 5.69. The number of hydrogen-bond acceptors (Lipinski definition) is 0. The third-order valence-corrected chi connectivity index (χ3v) is 5.49. The molecule has 0 amide bonds. The lowest BCUT2D eigenvalue weighted by Crippen LogP contribution is -2.08. The summed E-state index contributed by atoms with van der Waals surface area (Å²) in [6, 6.07) is 5.08. The average molecular weight is 256 g/mol. The highest BCUT2D eigenvalue weighted by molar-refractivity contribution is 5.41. The second-order valence-corrected chi connectivity index (χ2v) is 6.88. The summed E-state index contributed by atoms with van der Waals surface area (Å²) in [5.74, 6) is 1.71. The van der Waals surface area contributed by atoms with E-state index in [4.69, 9.17) is 0 Å². The van der Waals surface area contributed by atoms with Crippen molar-refractivity contribution in [3.05, 3.63) is 34.4 Å². The van der Waals surface area contributed by atoms with E-state index in [1.807, 2.05) is 0 Å². The zero-order chi connectivity index (χ0) is 13.2. The van der Waals surface area contributed by atoms with E-state index in [-0.39, 0.29) is 0 Å². The van der Waals surface area contributed by atoms with Gasteiger partial charge in [-0.05, 0) is 73.6 Å². The first kappa shape index (κ1) is 13.2. The summed E-state index contributed by atoms with van der Waals surface area (Å²) >= 11 is 0. The molecule has 19 heavy (non-hydrogen) atoms. The van der Waals surface area contributed by atoms with Gasteiger partial charge in [0.25, 0.3) is 0 Å². The van der Waals surface area contributed by atoms with Gasteiger partial charge in [-0.2, -0.15) is 0 Å². The largest absolute Gasteiger partial charge is 0.0553 e. The zero-order valence-electron chi connectivity index (χ0n) is 12.7. The van der Waals surface area contributed by atoms with Crippen LogP contribution in [-0.2, 0) is 0 Å². The molecule has 104 valence electrons. The summed E-state index contributed by atoms with van der Waals surface area (Å²) < 4.78 is 0. The van der Waals surface area contributed by atoms with Gasteiger partial charge in [0.15, 0.2) is 0 Å². The Kier molecular flexibility index (Phi) is 3.96. The summed E-state index contributed by atoms with van der Waals surface area (Å²) in [7, 11) is 0. The fourth-order valence-electron chi connectivity index (χ4n) is 4.39. The van der Waals surface area contributed by atoms with Crippen LogP contribution in [0.25, 0.3) is 0 Å². The first-order valence-electron chi connectivity index (χ1n) is 8.37. The summed E-state index contributed by atoms with van der Waals surface area (Å²) in [5, 5.41) is 0. The lowest BCUT2D eigenvalue weighted by atomic mass is 9.80. The normalized spacial score (nSPS) is 22.0. The molecular weight excluding hydrogens is 228 g/mol. The summed E-state index contributed by atoms with van der Waals surface area (Å²) in [6.07, 6.45) is 12.9. The molecule has 0 unspecified atom stereocenters. The summed E-state index contributed by atoms with van der Waals surface area (Å²) in [4.78, 5) is 0. The van der Waals surface area contributed by atoms with Crippen molar-refractivity contribution in [1.82, 2.24) is 0 Å². The maximum Gasteiger partial charge on any atom is -0.0159 e. The third kappa shape index (κ3) is 2.73. The van der Waals surface area contributed by atoms with E-state index >= 15 is 0 Å². The van der Waals surface area contributed by atoms with Crippen LogP contribution in [0.15, 0.2) is 12.1 Å². The molecule has 0 N–H and O–H groups in total. The Labute approximate surface area is 118 Å². The maximum atomic E-state index is 2.54. The first-order valence-corrected chi connectivity index (χ1v) is 8.37. The Morgan fingerprint density at radius 1 is 0.632 bits per heavy atom. The molecule has 0 saturated heterocycles. The summed E-state index contributed by atoms with van der Waals surface area (Å²) in [5.41, 5.74) is 6.46. The molecule has 3 rings (SSSR count). The monoisotopic (exact) mass is 256 g/mol. The highest BCUT2D eigenvalue weighted by atomic mass is 14.3. The van der Waals surface area contributed by atoms with E-state index in [1.54, 1.807) is 22.3 Å². The Bertz CT molecular complexity index is 432. The Balaban J connectivity index is 1.88. The lowest BCUT2D eigenvalue weighted by molar-refractivity contribution is 0.442. The number of benzene rings is 1. The van der Waals surface area contributed by atoms with Crippen molar-refractivity contribution >= 4 is 0 Å². The molecule has 0 nitrogen and oxygen atoms in total. The number of aryl methyl sites for hydroxylation is 2. The molecule has 0 atom stereocenters. The van der Waals surface area contributed by atoms with Gasteiger partial charge < -0.3 is 0 Å². The van der Waals surface area contributed by atoms with Gasteiger partial charge in [-0.3, -0.25) is 0 Å². The highest BCUT2D eigenvalue weighted by Gasteiger charge is 2.22. The van der Waals surface area contributed by atoms with Gasteiger partial charge in [0, 0.05) is 0 Å². The third-order valence-electron chi connectivity index (χ3n) is 5.49. The van der Waals surface area contributed by atoms with Gasteiger partial charge in [0.2, 0.25) is 0 Å². The fourth-order valence-corrected chi connectivity index (χ4v) is 4.39. The average Bonchev–Trinajstić information content (AvgIpc) is 2.96. The summed E-state index contributed by atoms with van der Waals surface area (Å²) in [6.45, 7) is 4.70. The molecule has 0 spiro atoms. The standard InChI is InChI=1S/C19H28/c1-14-13-19(17-10-6-7-11-17)15(2)12-18(14)16-8-4-3-5-9-16/h12-13,16-17H,3-11H2,1-2H3. The van der Waals surface area contributed by atoms with Crippen molar-refractivity contribution in [2.45, 2.75) is 83.5 Å². The van der Waals surface area contributed by atoms with Crippen LogP contribution in [0.2, 0.25) is 0 Å². The quantitative estimate of drug-likeness (QED) is 0.608. The predicted molar refractivity (Wildman–Crippen MR) is 83.0 cm³/mol. The number of hydrogen-bond donors (Lipinski definition) is 0. The SMILES string of the molecule is Cc1cc(C2CCCC2)c(C)cc1C1CCCCC1. The molecule has 2 aliphatic rings. The van der Waals surface area contributed by atoms with E-state index in [2.05, 4.69) is 26.0 Å². The van der Waals surface area contributed by atoms with E-state index in [0.29, 0.717) is 0 Å². The van der Waals surface area contributed by atoms with Crippen molar-refractivity contribution in [2.75, 3.05) is 0 Å². The van der Waals surface area contributed by atoms with Gasteiger partial charge in [-0.1, -0.05) is 44.2 Å². The van der Waals surface area contributed by atoms with Gasteiger partial charge in [-0.25, -0.2) is 0 Å². The molecule has 1 aromatic rings. The minimum atomic E-state index is 0.852. The van der Waals surface area contributed by atoms with Crippen LogP contribution in [0.4, 0.5) is 0 Å². The second-order valence-electron chi connectivity index (χ2n) is 6.88. The molecule has 2 aliphatic carbocycles. The van der Waals surface area contributed by atoms with Crippen molar-refractivity contribution in [3.8, 4) is 0 Å². The fraction of sp³-hybridized carbons (Fsp3) is 0.684. The topological polar surface area (TPSA) is 0 Å². The molecule has 0 heterocycles.